The van der Waals surface area contributed by atoms with Gasteiger partial charge < -0.3 is 19.3 Å². The number of benzene rings is 1. The largest absolute Gasteiger partial charge is 0.493 e. The summed E-state index contributed by atoms with van der Waals surface area (Å²) in [5.41, 5.74) is 0.684. The van der Waals surface area contributed by atoms with Crippen molar-refractivity contribution in [1.82, 2.24) is 4.90 Å². The van der Waals surface area contributed by atoms with Gasteiger partial charge in [-0.1, -0.05) is 12.1 Å². The molecule has 120 valence electrons. The molecule has 1 N–H and O–H groups in total. The summed E-state index contributed by atoms with van der Waals surface area (Å²) < 4.78 is 16.4. The Morgan fingerprint density at radius 2 is 2.18 bits per heavy atom. The van der Waals surface area contributed by atoms with Gasteiger partial charge in [0.15, 0.2) is 11.5 Å². The Hall–Kier alpha value is -2.05. The minimum absolute atomic E-state index is 0.508. The van der Waals surface area contributed by atoms with Crippen LogP contribution in [0.15, 0.2) is 24.3 Å². The van der Waals surface area contributed by atoms with Crippen molar-refractivity contribution in [2.75, 3.05) is 46.6 Å². The summed E-state index contributed by atoms with van der Waals surface area (Å²) >= 11 is 0. The molecule has 2 rings (SSSR count). The van der Waals surface area contributed by atoms with Crippen LogP contribution < -0.4 is 9.47 Å². The highest BCUT2D eigenvalue weighted by Crippen LogP contribution is 2.32. The van der Waals surface area contributed by atoms with E-state index in [0.717, 1.165) is 38.9 Å². The second-order valence-corrected chi connectivity index (χ2v) is 4.85. The highest BCUT2D eigenvalue weighted by atomic mass is 16.5. The number of ether oxygens (including phenoxy) is 3. The van der Waals surface area contributed by atoms with Crippen LogP contribution in [0.3, 0.4) is 0 Å². The zero-order chi connectivity index (χ0) is 15.8. The van der Waals surface area contributed by atoms with Gasteiger partial charge in [-0.25, -0.2) is 4.79 Å². The van der Waals surface area contributed by atoms with E-state index in [-0.39, 0.29) is 0 Å². The van der Waals surface area contributed by atoms with Gasteiger partial charge in [0, 0.05) is 31.3 Å². The second-order valence-electron chi connectivity index (χ2n) is 4.85. The first kappa shape index (κ1) is 16.3. The smallest absolute Gasteiger partial charge is 0.328 e. The molecule has 1 heterocycles. The number of para-hydroxylation sites is 1. The van der Waals surface area contributed by atoms with Gasteiger partial charge in [-0.2, -0.15) is 0 Å². The molecule has 6 nitrogen and oxygen atoms in total. The monoisotopic (exact) mass is 307 g/mol. The molecule has 0 saturated carbocycles. The van der Waals surface area contributed by atoms with E-state index in [4.69, 9.17) is 19.3 Å². The Kier molecular flexibility index (Phi) is 6.24. The third-order valence-corrected chi connectivity index (χ3v) is 3.39. The van der Waals surface area contributed by atoms with E-state index in [0.29, 0.717) is 23.7 Å². The lowest BCUT2D eigenvalue weighted by atomic mass is 10.1. The second kappa shape index (κ2) is 8.41. The molecule has 1 fully saturated rings. The van der Waals surface area contributed by atoms with Crippen LogP contribution in [0.4, 0.5) is 0 Å². The van der Waals surface area contributed by atoms with E-state index in [1.54, 1.807) is 25.3 Å². The lowest BCUT2D eigenvalue weighted by Crippen LogP contribution is -2.38. The van der Waals surface area contributed by atoms with Gasteiger partial charge in [0.1, 0.15) is 6.61 Å². The molecule has 0 spiro atoms. The Morgan fingerprint density at radius 3 is 2.86 bits per heavy atom. The molecule has 0 aromatic heterocycles. The van der Waals surface area contributed by atoms with Crippen LogP contribution in [0.25, 0.3) is 6.08 Å². The number of nitrogens with zero attached hydrogens (tertiary/aromatic N) is 1. The number of carboxylic acids is 1. The van der Waals surface area contributed by atoms with Crippen molar-refractivity contribution in [2.24, 2.45) is 0 Å². The number of carboxylic acid groups (broad SMARTS) is 1. The molecular weight excluding hydrogens is 286 g/mol. The van der Waals surface area contributed by atoms with E-state index in [2.05, 4.69) is 4.90 Å². The van der Waals surface area contributed by atoms with Crippen molar-refractivity contribution in [1.29, 1.82) is 0 Å². The average molecular weight is 307 g/mol. The van der Waals surface area contributed by atoms with Crippen molar-refractivity contribution in [2.45, 2.75) is 0 Å². The average Bonchev–Trinajstić information content (AvgIpc) is 2.54. The van der Waals surface area contributed by atoms with E-state index in [1.807, 2.05) is 0 Å². The molecular formula is C16H21NO5. The van der Waals surface area contributed by atoms with Crippen LogP contribution in [0.2, 0.25) is 0 Å². The molecule has 1 saturated heterocycles. The third kappa shape index (κ3) is 4.75. The van der Waals surface area contributed by atoms with Gasteiger partial charge in [0.05, 0.1) is 20.3 Å². The molecule has 22 heavy (non-hydrogen) atoms. The first-order valence-corrected chi connectivity index (χ1v) is 7.21. The van der Waals surface area contributed by atoms with E-state index in [1.165, 1.54) is 6.08 Å². The summed E-state index contributed by atoms with van der Waals surface area (Å²) in [5.74, 6) is 0.160. The number of aliphatic carboxylic acids is 1. The minimum atomic E-state index is -0.998. The Balaban J connectivity index is 2.01. The van der Waals surface area contributed by atoms with E-state index in [9.17, 15) is 4.79 Å². The standard InChI is InChI=1S/C16H21NO5/c1-20-14-4-2-3-13(5-6-15(18)19)16(14)22-12-9-17-7-10-21-11-8-17/h2-6H,7-12H2,1H3,(H,18,19). The molecule has 6 heteroatoms. The number of rotatable bonds is 7. The summed E-state index contributed by atoms with van der Waals surface area (Å²) in [6.07, 6.45) is 2.60. The number of carbonyl (C=O) groups is 1. The van der Waals surface area contributed by atoms with Crippen molar-refractivity contribution >= 4 is 12.0 Å². The number of hydrogen-bond acceptors (Lipinski definition) is 5. The topological polar surface area (TPSA) is 68.2 Å². The number of methoxy groups -OCH3 is 1. The van der Waals surface area contributed by atoms with Crippen LogP contribution in [0.5, 0.6) is 11.5 Å². The fourth-order valence-corrected chi connectivity index (χ4v) is 2.24. The first-order chi connectivity index (χ1) is 10.7. The van der Waals surface area contributed by atoms with Crippen LogP contribution in [-0.4, -0.2) is 62.5 Å². The summed E-state index contributed by atoms with van der Waals surface area (Å²) in [6, 6.07) is 5.39. The summed E-state index contributed by atoms with van der Waals surface area (Å²) in [5, 5.41) is 8.76. The molecule has 0 bridgehead atoms. The van der Waals surface area contributed by atoms with Crippen LogP contribution >= 0.6 is 0 Å². The Bertz CT molecular complexity index is 523. The molecule has 1 aromatic carbocycles. The molecule has 1 aliphatic heterocycles. The van der Waals surface area contributed by atoms with Crippen molar-refractivity contribution in [3.63, 3.8) is 0 Å². The maximum absolute atomic E-state index is 10.7. The highest BCUT2D eigenvalue weighted by molar-refractivity contribution is 5.86. The Morgan fingerprint density at radius 1 is 1.41 bits per heavy atom. The maximum atomic E-state index is 10.7. The molecule has 1 aliphatic rings. The van der Waals surface area contributed by atoms with E-state index < -0.39 is 5.97 Å². The van der Waals surface area contributed by atoms with Crippen LogP contribution in [0, 0.1) is 0 Å². The molecule has 1 aromatic rings. The van der Waals surface area contributed by atoms with Crippen LogP contribution in [0.1, 0.15) is 5.56 Å². The highest BCUT2D eigenvalue weighted by Gasteiger charge is 2.12. The lowest BCUT2D eigenvalue weighted by Gasteiger charge is -2.26. The summed E-state index contributed by atoms with van der Waals surface area (Å²) in [7, 11) is 1.56. The first-order valence-electron chi connectivity index (χ1n) is 7.21. The Labute approximate surface area is 129 Å². The zero-order valence-corrected chi connectivity index (χ0v) is 12.7. The van der Waals surface area contributed by atoms with Crippen molar-refractivity contribution < 1.29 is 24.1 Å². The van der Waals surface area contributed by atoms with Crippen molar-refractivity contribution in [3.05, 3.63) is 29.8 Å². The quantitative estimate of drug-likeness (QED) is 0.770. The van der Waals surface area contributed by atoms with Crippen LogP contribution in [-0.2, 0) is 9.53 Å². The van der Waals surface area contributed by atoms with Crippen molar-refractivity contribution in [3.8, 4) is 11.5 Å². The number of morpholine rings is 1. The molecule has 0 unspecified atom stereocenters. The summed E-state index contributed by atoms with van der Waals surface area (Å²) in [6.45, 7) is 4.61. The zero-order valence-electron chi connectivity index (χ0n) is 12.7. The van der Waals surface area contributed by atoms with Gasteiger partial charge in [0.25, 0.3) is 0 Å². The SMILES string of the molecule is COc1cccc(C=CC(=O)O)c1OCCN1CCOCC1. The number of hydrogen-bond donors (Lipinski definition) is 1. The third-order valence-electron chi connectivity index (χ3n) is 3.39. The van der Waals surface area contributed by atoms with Gasteiger partial charge in [0.2, 0.25) is 0 Å². The maximum Gasteiger partial charge on any atom is 0.328 e. The molecule has 0 radical (unpaired) electrons. The summed E-state index contributed by atoms with van der Waals surface area (Å²) in [4.78, 5) is 13.0. The fraction of sp³-hybridized carbons (Fsp3) is 0.438. The molecule has 0 aliphatic carbocycles. The van der Waals surface area contributed by atoms with E-state index >= 15 is 0 Å². The minimum Gasteiger partial charge on any atom is -0.493 e. The van der Waals surface area contributed by atoms with Gasteiger partial charge in [-0.05, 0) is 12.1 Å². The predicted octanol–water partition coefficient (Wildman–Crippen LogP) is 1.50. The van der Waals surface area contributed by atoms with Gasteiger partial charge >= 0.3 is 5.97 Å². The molecule has 0 amide bonds. The van der Waals surface area contributed by atoms with Gasteiger partial charge in [-0.15, -0.1) is 0 Å². The normalized spacial score (nSPS) is 15.9. The van der Waals surface area contributed by atoms with Gasteiger partial charge in [-0.3, -0.25) is 4.90 Å². The predicted molar refractivity (Wildman–Crippen MR) is 82.4 cm³/mol. The lowest BCUT2D eigenvalue weighted by molar-refractivity contribution is -0.131. The fourth-order valence-electron chi connectivity index (χ4n) is 2.24. The molecule has 0 atom stereocenters.